The number of nitrogens with two attached hydrogens (primary N) is 2. The first-order valence-electron chi connectivity index (χ1n) is 25.1. The van der Waals surface area contributed by atoms with Gasteiger partial charge in [0.25, 0.3) is 0 Å². The third kappa shape index (κ3) is 18.6. The van der Waals surface area contributed by atoms with Crippen molar-refractivity contribution in [2.24, 2.45) is 34.2 Å². The van der Waals surface area contributed by atoms with Crippen LogP contribution in [-0.2, 0) is 43.2 Å². The molecule has 23 heteroatoms. The average Bonchev–Trinajstić information content (AvgIpc) is 3.99. The fourth-order valence-corrected chi connectivity index (χ4v) is 8.47. The van der Waals surface area contributed by atoms with Gasteiger partial charge in [0, 0.05) is 19.6 Å². The molecule has 398 valence electrons. The van der Waals surface area contributed by atoms with Crippen LogP contribution in [0, 0.1) is 17.8 Å². The quantitative estimate of drug-likeness (QED) is 0.0225. The lowest BCUT2D eigenvalue weighted by Gasteiger charge is -2.32. The van der Waals surface area contributed by atoms with Gasteiger partial charge < -0.3 is 64.0 Å². The predicted molar refractivity (Wildman–Crippen MR) is 264 cm³/mol. The summed E-state index contributed by atoms with van der Waals surface area (Å²) < 4.78 is 0. The molecule has 0 aromatic rings. The fourth-order valence-electron chi connectivity index (χ4n) is 8.47. The van der Waals surface area contributed by atoms with Gasteiger partial charge in [-0.1, -0.05) is 67.7 Å². The molecule has 13 N–H and O–H groups in total. The van der Waals surface area contributed by atoms with E-state index in [0.29, 0.717) is 58.0 Å². The normalized spacial score (nSPS) is 19.7. The molecule has 0 aromatic carbocycles. The van der Waals surface area contributed by atoms with Gasteiger partial charge in [0.15, 0.2) is 5.96 Å². The number of aliphatic hydroxyl groups excluding tert-OH is 1. The summed E-state index contributed by atoms with van der Waals surface area (Å²) in [5.74, 6) is -6.93. The molecule has 2 heterocycles. The van der Waals surface area contributed by atoms with Crippen molar-refractivity contribution >= 4 is 59.1 Å². The minimum Gasteiger partial charge on any atom is -0.391 e. The molecule has 2 aliphatic rings. The number of carbonyl (C=O) groups is 9. The summed E-state index contributed by atoms with van der Waals surface area (Å²) in [6.07, 6.45) is 2.89. The third-order valence-electron chi connectivity index (χ3n) is 13.1. The lowest BCUT2D eigenvalue weighted by Crippen LogP contribution is -2.63. The minimum absolute atomic E-state index is 0.101. The highest BCUT2D eigenvalue weighted by Crippen LogP contribution is 2.21. The molecular formula is C47H85N13O10. The Morgan fingerprint density at radius 1 is 0.629 bits per heavy atom. The maximum Gasteiger partial charge on any atom is 0.245 e. The molecule has 9 amide bonds. The number of amides is 9. The Morgan fingerprint density at radius 2 is 1.14 bits per heavy atom. The van der Waals surface area contributed by atoms with Gasteiger partial charge in [-0.15, -0.1) is 0 Å². The Balaban J connectivity index is 2.27. The zero-order chi connectivity index (χ0) is 52.8. The van der Waals surface area contributed by atoms with Crippen LogP contribution in [0.1, 0.15) is 127 Å². The molecule has 0 aliphatic carbocycles. The largest absolute Gasteiger partial charge is 0.391 e. The zero-order valence-corrected chi connectivity index (χ0v) is 43.2. The van der Waals surface area contributed by atoms with Crippen LogP contribution in [0.3, 0.4) is 0 Å². The molecule has 0 aromatic heterocycles. The number of hydrogen-bond acceptors (Lipinski definition) is 12. The SMILES string of the molecule is CCC[C@H](NC(=O)[C@@H](NC(=O)[C@H](NC(=O)[C@@H](NC(=O)CNC(=O)[C@@H]1CCCN1C)C(C)C)[C@@H](C)CC)[C@@H](C)O)C(=O)N[C@@H](C(=O)N[C@@H](CCCN=C(N)N)C(=O)N1CCC[C@H]1C(=O)NCC)[C@@H](C)CC. The molecule has 0 radical (unpaired) electrons. The van der Waals surface area contributed by atoms with E-state index in [1.165, 1.54) is 11.8 Å². The standard InChI is InChI=1S/C47H85N13O10/c1-11-18-30(39(63)56-36(27(7)12-2)43(67)54-31(19-15-22-51-47(48)49)46(70)60-24-17-21-33(60)41(65)50-14-4)53-45(69)38(29(9)61)58-44(68)37(28(8)13-3)57-42(66)35(26(5)6)55-34(62)25-52-40(64)32-20-16-23-59(32)10/h26-33,35-38,61H,11-25H2,1-10H3,(H,50,65)(H,52,64)(H,53,69)(H,54,67)(H,55,62)(H,56,63)(H,57,66)(H,58,68)(H4,48,49,51)/t27-,28-,29+,30-,31-,32-,33-,35-,36+,37+,38-/m0/s1. The maximum absolute atomic E-state index is 14.2. The molecular weight excluding hydrogens is 907 g/mol. The second-order valence-electron chi connectivity index (χ2n) is 19.1. The second kappa shape index (κ2) is 30.2. The maximum atomic E-state index is 14.2. The van der Waals surface area contributed by atoms with E-state index >= 15 is 0 Å². The second-order valence-corrected chi connectivity index (χ2v) is 19.1. The van der Waals surface area contributed by atoms with Crippen LogP contribution in [0.15, 0.2) is 4.99 Å². The molecule has 0 unspecified atom stereocenters. The van der Waals surface area contributed by atoms with Gasteiger partial charge in [-0.2, -0.15) is 0 Å². The summed E-state index contributed by atoms with van der Waals surface area (Å²) in [7, 11) is 1.83. The molecule has 2 saturated heterocycles. The number of aliphatic hydroxyl groups is 1. The molecule has 2 rings (SSSR count). The summed E-state index contributed by atoms with van der Waals surface area (Å²) in [4.78, 5) is 130. The van der Waals surface area contributed by atoms with Gasteiger partial charge in [0.2, 0.25) is 53.2 Å². The van der Waals surface area contributed by atoms with E-state index in [4.69, 9.17) is 11.5 Å². The van der Waals surface area contributed by atoms with Gasteiger partial charge in [-0.3, -0.25) is 53.0 Å². The molecule has 2 fully saturated rings. The number of rotatable bonds is 29. The third-order valence-corrected chi connectivity index (χ3v) is 13.1. The highest BCUT2D eigenvalue weighted by molar-refractivity contribution is 5.98. The van der Waals surface area contributed by atoms with Gasteiger partial charge in [0.1, 0.15) is 42.3 Å². The van der Waals surface area contributed by atoms with E-state index in [2.05, 4.69) is 47.5 Å². The smallest absolute Gasteiger partial charge is 0.245 e. The van der Waals surface area contributed by atoms with Crippen LogP contribution in [-0.4, -0.2) is 168 Å². The minimum atomic E-state index is -1.60. The van der Waals surface area contributed by atoms with E-state index in [9.17, 15) is 48.3 Å². The molecule has 23 nitrogen and oxygen atoms in total. The van der Waals surface area contributed by atoms with Crippen LogP contribution in [0.5, 0.6) is 0 Å². The highest BCUT2D eigenvalue weighted by Gasteiger charge is 2.40. The van der Waals surface area contributed by atoms with Crippen molar-refractivity contribution in [2.45, 2.75) is 181 Å². The van der Waals surface area contributed by atoms with Gasteiger partial charge in [-0.25, -0.2) is 0 Å². The number of likely N-dealkylation sites (tertiary alicyclic amines) is 2. The van der Waals surface area contributed by atoms with Gasteiger partial charge in [0.05, 0.1) is 18.7 Å². The molecule has 0 spiro atoms. The van der Waals surface area contributed by atoms with Crippen molar-refractivity contribution in [3.8, 4) is 0 Å². The lowest BCUT2D eigenvalue weighted by molar-refractivity contribution is -0.142. The molecule has 2 aliphatic heterocycles. The number of guanidine groups is 1. The van der Waals surface area contributed by atoms with E-state index in [-0.39, 0.29) is 49.7 Å². The molecule has 0 bridgehead atoms. The summed E-state index contributed by atoms with van der Waals surface area (Å²) in [6, 6.07) is -8.48. The fraction of sp³-hybridized carbons (Fsp3) is 0.787. The Bertz CT molecular complexity index is 1810. The van der Waals surface area contributed by atoms with Crippen molar-refractivity contribution in [2.75, 3.05) is 39.8 Å². The van der Waals surface area contributed by atoms with Crippen LogP contribution in [0.2, 0.25) is 0 Å². The number of nitrogens with one attached hydrogen (secondary N) is 8. The number of carbonyl (C=O) groups excluding carboxylic acids is 9. The molecule has 70 heavy (non-hydrogen) atoms. The van der Waals surface area contributed by atoms with Crippen LogP contribution < -0.4 is 54.0 Å². The van der Waals surface area contributed by atoms with Crippen molar-refractivity contribution < 1.29 is 48.3 Å². The predicted octanol–water partition coefficient (Wildman–Crippen LogP) is -1.78. The van der Waals surface area contributed by atoms with Crippen molar-refractivity contribution in [3.63, 3.8) is 0 Å². The number of hydrogen-bond donors (Lipinski definition) is 11. The Labute approximate surface area is 413 Å². The van der Waals surface area contributed by atoms with Crippen LogP contribution in [0.4, 0.5) is 0 Å². The summed E-state index contributed by atoms with van der Waals surface area (Å²) in [5, 5.41) is 32.4. The Hall–Kier alpha value is -5.58. The Morgan fingerprint density at radius 3 is 1.67 bits per heavy atom. The topological polar surface area (TPSA) is 341 Å². The van der Waals surface area contributed by atoms with E-state index in [1.54, 1.807) is 48.5 Å². The first-order chi connectivity index (χ1) is 33.0. The van der Waals surface area contributed by atoms with E-state index < -0.39 is 108 Å². The van der Waals surface area contributed by atoms with Gasteiger partial charge >= 0.3 is 0 Å². The average molecular weight is 992 g/mol. The lowest BCUT2D eigenvalue weighted by atomic mass is 9.95. The first kappa shape index (κ1) is 60.5. The summed E-state index contributed by atoms with van der Waals surface area (Å²) >= 11 is 0. The van der Waals surface area contributed by atoms with Gasteiger partial charge in [-0.05, 0) is 90.1 Å². The van der Waals surface area contributed by atoms with Crippen molar-refractivity contribution in [3.05, 3.63) is 0 Å². The molecule has 0 saturated carbocycles. The van der Waals surface area contributed by atoms with Crippen LogP contribution >= 0.6 is 0 Å². The van der Waals surface area contributed by atoms with Crippen molar-refractivity contribution in [1.82, 2.24) is 52.3 Å². The summed E-state index contributed by atoms with van der Waals surface area (Å²) in [5.41, 5.74) is 11.0. The van der Waals surface area contributed by atoms with Crippen molar-refractivity contribution in [1.29, 1.82) is 0 Å². The number of nitrogens with zero attached hydrogens (tertiary/aromatic N) is 3. The Kier molecular flexibility index (Phi) is 26.1. The summed E-state index contributed by atoms with van der Waals surface area (Å²) in [6.45, 7) is 16.6. The monoisotopic (exact) mass is 992 g/mol. The highest BCUT2D eigenvalue weighted by atomic mass is 16.3. The molecule has 11 atom stereocenters. The van der Waals surface area contributed by atoms with Crippen LogP contribution in [0.25, 0.3) is 0 Å². The first-order valence-corrected chi connectivity index (χ1v) is 25.1. The number of likely N-dealkylation sites (N-methyl/N-ethyl adjacent to an activating group) is 2. The number of aliphatic imine (C=N–C) groups is 1. The van der Waals surface area contributed by atoms with E-state index in [0.717, 1.165) is 13.0 Å². The zero-order valence-electron chi connectivity index (χ0n) is 43.2. The van der Waals surface area contributed by atoms with E-state index in [1.807, 2.05) is 18.9 Å².